The van der Waals surface area contributed by atoms with Crippen LogP contribution in [-0.4, -0.2) is 60.9 Å². The minimum absolute atomic E-state index is 0.124. The lowest BCUT2D eigenvalue weighted by Crippen LogP contribution is -2.32. The van der Waals surface area contributed by atoms with Gasteiger partial charge in [-0.15, -0.1) is 0 Å². The highest BCUT2D eigenvalue weighted by molar-refractivity contribution is 6.46. The fourth-order valence-electron chi connectivity index (χ4n) is 3.67. The normalized spacial score (nSPS) is 18.3. The Bertz CT molecular complexity index is 946. The molecule has 2 aromatic rings. The van der Waals surface area contributed by atoms with E-state index in [1.807, 2.05) is 50.2 Å². The first kappa shape index (κ1) is 21.6. The maximum absolute atomic E-state index is 13.0. The monoisotopic (exact) mass is 408 g/mol. The molecule has 0 bridgehead atoms. The van der Waals surface area contributed by atoms with Gasteiger partial charge in [-0.3, -0.25) is 9.59 Å². The smallest absolute Gasteiger partial charge is 0.295 e. The van der Waals surface area contributed by atoms with Gasteiger partial charge in [-0.2, -0.15) is 0 Å². The summed E-state index contributed by atoms with van der Waals surface area (Å²) in [5.74, 6) is -0.754. The lowest BCUT2D eigenvalue weighted by Gasteiger charge is -2.26. The second-order valence-electron chi connectivity index (χ2n) is 7.79. The van der Waals surface area contributed by atoms with Gasteiger partial charge >= 0.3 is 0 Å². The predicted molar refractivity (Wildman–Crippen MR) is 116 cm³/mol. The number of benzene rings is 2. The zero-order valence-electron chi connectivity index (χ0n) is 17.9. The molecule has 0 spiro atoms. The van der Waals surface area contributed by atoms with Crippen LogP contribution in [0.4, 0.5) is 0 Å². The third-order valence-electron chi connectivity index (χ3n) is 5.30. The standard InChI is InChI=1S/C24H28N2O4/c1-16-6-8-17(9-7-16)21-20(22(27)18-10-12-19(30-4)13-11-18)23(28)24(29)26(21)15-5-14-25(2)3/h6-13,21,27H,5,14-15H2,1-4H3/b22-20+/t21-/m1/s1. The minimum Gasteiger partial charge on any atom is -0.507 e. The van der Waals surface area contributed by atoms with Gasteiger partial charge in [0, 0.05) is 12.1 Å². The van der Waals surface area contributed by atoms with Crippen molar-refractivity contribution >= 4 is 17.4 Å². The van der Waals surface area contributed by atoms with E-state index >= 15 is 0 Å². The number of amides is 1. The number of hydrogen-bond acceptors (Lipinski definition) is 5. The zero-order chi connectivity index (χ0) is 21.8. The van der Waals surface area contributed by atoms with E-state index in [2.05, 4.69) is 0 Å². The molecule has 0 aliphatic carbocycles. The van der Waals surface area contributed by atoms with Crippen molar-refractivity contribution in [3.8, 4) is 5.75 Å². The van der Waals surface area contributed by atoms with Gasteiger partial charge in [-0.05, 0) is 63.8 Å². The van der Waals surface area contributed by atoms with Crippen molar-refractivity contribution in [2.75, 3.05) is 34.3 Å². The molecule has 0 aromatic heterocycles. The molecule has 1 aliphatic heterocycles. The number of likely N-dealkylation sites (tertiary alicyclic amines) is 1. The molecule has 1 atom stereocenters. The van der Waals surface area contributed by atoms with E-state index in [0.717, 1.165) is 24.1 Å². The van der Waals surface area contributed by atoms with E-state index in [9.17, 15) is 14.7 Å². The predicted octanol–water partition coefficient (Wildman–Crippen LogP) is 3.38. The average molecular weight is 408 g/mol. The Kier molecular flexibility index (Phi) is 6.57. The lowest BCUT2D eigenvalue weighted by molar-refractivity contribution is -0.139. The molecule has 0 unspecified atom stereocenters. The molecule has 1 amide bonds. The van der Waals surface area contributed by atoms with Crippen LogP contribution in [-0.2, 0) is 9.59 Å². The fourth-order valence-corrected chi connectivity index (χ4v) is 3.67. The maximum Gasteiger partial charge on any atom is 0.295 e. The highest BCUT2D eigenvalue weighted by Crippen LogP contribution is 2.39. The molecule has 0 saturated carbocycles. The first-order chi connectivity index (χ1) is 14.3. The Morgan fingerprint density at radius 2 is 1.70 bits per heavy atom. The topological polar surface area (TPSA) is 70.1 Å². The number of aliphatic hydroxyl groups is 1. The quantitative estimate of drug-likeness (QED) is 0.432. The van der Waals surface area contributed by atoms with Gasteiger partial charge in [0.2, 0.25) is 0 Å². The summed E-state index contributed by atoms with van der Waals surface area (Å²) in [5.41, 5.74) is 2.48. The molecule has 158 valence electrons. The van der Waals surface area contributed by atoms with Crippen LogP contribution in [0.25, 0.3) is 5.76 Å². The van der Waals surface area contributed by atoms with E-state index in [0.29, 0.717) is 17.9 Å². The van der Waals surface area contributed by atoms with E-state index < -0.39 is 17.7 Å². The van der Waals surface area contributed by atoms with Crippen LogP contribution in [0.5, 0.6) is 5.75 Å². The second-order valence-corrected chi connectivity index (χ2v) is 7.79. The number of Topliss-reactive ketones (excluding diaryl/α,β-unsaturated/α-hetero) is 1. The first-order valence-electron chi connectivity index (χ1n) is 9.97. The van der Waals surface area contributed by atoms with E-state index in [4.69, 9.17) is 4.74 Å². The molecule has 1 aliphatic rings. The Hall–Kier alpha value is -3.12. The third-order valence-corrected chi connectivity index (χ3v) is 5.30. The summed E-state index contributed by atoms with van der Waals surface area (Å²) < 4.78 is 5.16. The highest BCUT2D eigenvalue weighted by atomic mass is 16.5. The highest BCUT2D eigenvalue weighted by Gasteiger charge is 2.45. The summed E-state index contributed by atoms with van der Waals surface area (Å²) in [5, 5.41) is 11.0. The average Bonchev–Trinajstić information content (AvgIpc) is 2.98. The Morgan fingerprint density at radius 1 is 1.07 bits per heavy atom. The molecule has 0 radical (unpaired) electrons. The molecule has 1 heterocycles. The van der Waals surface area contributed by atoms with Crippen LogP contribution in [0.15, 0.2) is 54.1 Å². The maximum atomic E-state index is 13.0. The van der Waals surface area contributed by atoms with Crippen LogP contribution in [0.1, 0.15) is 29.2 Å². The number of rotatable bonds is 7. The van der Waals surface area contributed by atoms with Gasteiger partial charge in [0.15, 0.2) is 0 Å². The summed E-state index contributed by atoms with van der Waals surface area (Å²) >= 11 is 0. The van der Waals surface area contributed by atoms with E-state index in [-0.39, 0.29) is 11.3 Å². The molecule has 1 saturated heterocycles. The second kappa shape index (κ2) is 9.13. The summed E-state index contributed by atoms with van der Waals surface area (Å²) in [6.07, 6.45) is 0.727. The van der Waals surface area contributed by atoms with Crippen molar-refractivity contribution in [3.05, 3.63) is 70.8 Å². The van der Waals surface area contributed by atoms with Crippen LogP contribution in [0.3, 0.4) is 0 Å². The lowest BCUT2D eigenvalue weighted by atomic mass is 9.94. The van der Waals surface area contributed by atoms with Crippen molar-refractivity contribution in [1.29, 1.82) is 0 Å². The molecule has 30 heavy (non-hydrogen) atoms. The van der Waals surface area contributed by atoms with E-state index in [1.165, 1.54) is 0 Å². The summed E-state index contributed by atoms with van der Waals surface area (Å²) in [6, 6.07) is 13.9. The van der Waals surface area contributed by atoms with Crippen molar-refractivity contribution in [2.45, 2.75) is 19.4 Å². The van der Waals surface area contributed by atoms with Crippen LogP contribution < -0.4 is 4.74 Å². The van der Waals surface area contributed by atoms with Crippen molar-refractivity contribution in [3.63, 3.8) is 0 Å². The van der Waals surface area contributed by atoms with Gasteiger partial charge < -0.3 is 19.6 Å². The molecule has 6 heteroatoms. The van der Waals surface area contributed by atoms with Gasteiger partial charge in [0.25, 0.3) is 11.7 Å². The molecule has 2 aromatic carbocycles. The van der Waals surface area contributed by atoms with Gasteiger partial charge in [-0.1, -0.05) is 29.8 Å². The number of ether oxygens (including phenoxy) is 1. The number of aryl methyl sites for hydroxylation is 1. The molecular weight excluding hydrogens is 380 g/mol. The summed E-state index contributed by atoms with van der Waals surface area (Å²) in [4.78, 5) is 29.4. The number of carbonyl (C=O) groups excluding carboxylic acids is 2. The zero-order valence-corrected chi connectivity index (χ0v) is 17.9. The fraction of sp³-hybridized carbons (Fsp3) is 0.333. The minimum atomic E-state index is -0.654. The van der Waals surface area contributed by atoms with E-state index in [1.54, 1.807) is 36.3 Å². The van der Waals surface area contributed by atoms with Gasteiger partial charge in [0.05, 0.1) is 18.7 Å². The molecule has 3 rings (SSSR count). The van der Waals surface area contributed by atoms with Gasteiger partial charge in [-0.25, -0.2) is 0 Å². The van der Waals surface area contributed by atoms with Gasteiger partial charge in [0.1, 0.15) is 11.5 Å². The van der Waals surface area contributed by atoms with Crippen LogP contribution >= 0.6 is 0 Å². The first-order valence-corrected chi connectivity index (χ1v) is 9.97. The third kappa shape index (κ3) is 4.39. The Balaban J connectivity index is 2.06. The summed E-state index contributed by atoms with van der Waals surface area (Å²) in [7, 11) is 5.50. The Labute approximate surface area is 177 Å². The molecular formula is C24H28N2O4. The number of nitrogens with zero attached hydrogens (tertiary/aromatic N) is 2. The Morgan fingerprint density at radius 3 is 2.27 bits per heavy atom. The number of aliphatic hydroxyl groups excluding tert-OH is 1. The van der Waals surface area contributed by atoms with Crippen LogP contribution in [0, 0.1) is 6.92 Å². The molecule has 1 fully saturated rings. The van der Waals surface area contributed by atoms with Crippen molar-refractivity contribution in [1.82, 2.24) is 9.80 Å². The summed E-state index contributed by atoms with van der Waals surface area (Å²) in [6.45, 7) is 3.21. The number of carbonyl (C=O) groups is 2. The number of methoxy groups -OCH3 is 1. The number of hydrogen-bond donors (Lipinski definition) is 1. The molecule has 6 nitrogen and oxygen atoms in total. The van der Waals surface area contributed by atoms with Crippen molar-refractivity contribution in [2.24, 2.45) is 0 Å². The largest absolute Gasteiger partial charge is 0.507 e. The number of ketones is 1. The molecule has 1 N–H and O–H groups in total. The van der Waals surface area contributed by atoms with Crippen molar-refractivity contribution < 1.29 is 19.4 Å². The van der Waals surface area contributed by atoms with Crippen LogP contribution in [0.2, 0.25) is 0 Å². The SMILES string of the molecule is COc1ccc(/C(O)=C2\C(=O)C(=O)N(CCCN(C)C)[C@@H]2c2ccc(C)cc2)cc1.